The van der Waals surface area contributed by atoms with Crippen LogP contribution in [0.2, 0.25) is 5.02 Å². The van der Waals surface area contributed by atoms with Gasteiger partial charge in [-0.3, -0.25) is 9.36 Å². The van der Waals surface area contributed by atoms with Crippen molar-refractivity contribution in [2.75, 3.05) is 0 Å². The molecule has 0 fully saturated rings. The van der Waals surface area contributed by atoms with Crippen molar-refractivity contribution in [3.63, 3.8) is 0 Å². The molecule has 1 aliphatic rings. The molecule has 2 nitrogen and oxygen atoms in total. The maximum atomic E-state index is 12.4. The fourth-order valence-electron chi connectivity index (χ4n) is 2.46. The molecular formula is C15H12ClNO. The van der Waals surface area contributed by atoms with Crippen molar-refractivity contribution < 1.29 is 4.79 Å². The number of hydrogen-bond acceptors (Lipinski definition) is 1. The third-order valence-electron chi connectivity index (χ3n) is 3.30. The number of aromatic nitrogens is 1. The Morgan fingerprint density at radius 1 is 1.17 bits per heavy atom. The zero-order valence-electron chi connectivity index (χ0n) is 10.2. The molecule has 90 valence electrons. The van der Waals surface area contributed by atoms with Gasteiger partial charge in [0.1, 0.15) is 0 Å². The Balaban J connectivity index is 2.19. The Labute approximate surface area is 111 Å². The lowest BCUT2D eigenvalue weighted by molar-refractivity contribution is 0.0982. The van der Waals surface area contributed by atoms with E-state index in [4.69, 9.17) is 11.6 Å². The summed E-state index contributed by atoms with van der Waals surface area (Å²) in [6.45, 7) is 3.95. The third kappa shape index (κ3) is 1.46. The molecule has 0 N–H and O–H groups in total. The van der Waals surface area contributed by atoms with Gasteiger partial charge < -0.3 is 0 Å². The Kier molecular flexibility index (Phi) is 2.42. The van der Waals surface area contributed by atoms with Crippen LogP contribution in [-0.2, 0) is 0 Å². The summed E-state index contributed by atoms with van der Waals surface area (Å²) in [5.74, 6) is 0.00343. The second-order valence-corrected chi connectivity index (χ2v) is 4.94. The molecule has 1 aromatic carbocycles. The van der Waals surface area contributed by atoms with Gasteiger partial charge in [-0.2, -0.15) is 0 Å². The highest BCUT2D eigenvalue weighted by Gasteiger charge is 2.27. The summed E-state index contributed by atoms with van der Waals surface area (Å²) in [4.78, 5) is 12.4. The lowest BCUT2D eigenvalue weighted by Gasteiger charge is -2.05. The predicted molar refractivity (Wildman–Crippen MR) is 73.9 cm³/mol. The van der Waals surface area contributed by atoms with Crippen molar-refractivity contribution in [2.24, 2.45) is 0 Å². The van der Waals surface area contributed by atoms with Gasteiger partial charge in [0, 0.05) is 16.3 Å². The maximum absolute atomic E-state index is 12.4. The molecule has 0 bridgehead atoms. The van der Waals surface area contributed by atoms with Gasteiger partial charge in [0.15, 0.2) is 0 Å². The maximum Gasteiger partial charge on any atom is 0.263 e. The first-order valence-corrected chi connectivity index (χ1v) is 6.17. The first-order valence-electron chi connectivity index (χ1n) is 5.80. The summed E-state index contributed by atoms with van der Waals surface area (Å²) in [5, 5.41) is 0.609. The number of nitrogens with zero attached hydrogens (tertiary/aromatic N) is 1. The van der Waals surface area contributed by atoms with E-state index in [1.165, 1.54) is 0 Å². The summed E-state index contributed by atoms with van der Waals surface area (Å²) < 4.78 is 1.74. The van der Waals surface area contributed by atoms with E-state index in [1.807, 2.05) is 44.2 Å². The van der Waals surface area contributed by atoms with Crippen molar-refractivity contribution in [1.29, 1.82) is 0 Å². The van der Waals surface area contributed by atoms with Crippen LogP contribution in [0.5, 0.6) is 0 Å². The van der Waals surface area contributed by atoms with Crippen molar-refractivity contribution >= 4 is 29.2 Å². The fraction of sp³-hybridized carbons (Fsp3) is 0.133. The van der Waals surface area contributed by atoms with Crippen LogP contribution in [0.1, 0.15) is 27.3 Å². The van der Waals surface area contributed by atoms with Crippen LogP contribution in [0.15, 0.2) is 30.3 Å². The Bertz CT molecular complexity index is 695. The highest BCUT2D eigenvalue weighted by atomic mass is 35.5. The lowest BCUT2D eigenvalue weighted by atomic mass is 10.1. The minimum Gasteiger partial charge on any atom is -0.281 e. The zero-order valence-corrected chi connectivity index (χ0v) is 11.0. The molecule has 0 unspecified atom stereocenters. The first kappa shape index (κ1) is 11.3. The van der Waals surface area contributed by atoms with Gasteiger partial charge in [-0.25, -0.2) is 0 Å². The molecular weight excluding hydrogens is 246 g/mol. The van der Waals surface area contributed by atoms with E-state index < -0.39 is 0 Å². The van der Waals surface area contributed by atoms with Crippen molar-refractivity contribution in [1.82, 2.24) is 4.57 Å². The zero-order chi connectivity index (χ0) is 12.9. The highest BCUT2D eigenvalue weighted by molar-refractivity contribution is 6.37. The summed E-state index contributed by atoms with van der Waals surface area (Å²) in [5.41, 5.74) is 4.51. The molecule has 3 rings (SSSR count). The van der Waals surface area contributed by atoms with E-state index in [2.05, 4.69) is 0 Å². The third-order valence-corrected chi connectivity index (χ3v) is 3.63. The quantitative estimate of drug-likeness (QED) is 0.758. The van der Waals surface area contributed by atoms with Crippen LogP contribution in [0, 0.1) is 13.8 Å². The van der Waals surface area contributed by atoms with Crippen LogP contribution in [0.3, 0.4) is 0 Å². The largest absolute Gasteiger partial charge is 0.281 e. The Morgan fingerprint density at radius 2 is 1.89 bits per heavy atom. The molecule has 0 atom stereocenters. The monoisotopic (exact) mass is 257 g/mol. The van der Waals surface area contributed by atoms with Crippen molar-refractivity contribution in [3.05, 3.63) is 57.9 Å². The summed E-state index contributed by atoms with van der Waals surface area (Å²) in [7, 11) is 0. The molecule has 0 saturated carbocycles. The van der Waals surface area contributed by atoms with Gasteiger partial charge in [-0.15, -0.1) is 0 Å². The molecule has 18 heavy (non-hydrogen) atoms. The highest BCUT2D eigenvalue weighted by Crippen LogP contribution is 2.34. The minimum atomic E-state index is 0.00343. The van der Waals surface area contributed by atoms with E-state index >= 15 is 0 Å². The van der Waals surface area contributed by atoms with Gasteiger partial charge >= 0.3 is 0 Å². The van der Waals surface area contributed by atoms with Crippen LogP contribution >= 0.6 is 11.6 Å². The van der Waals surface area contributed by atoms with Gasteiger partial charge in [0.2, 0.25) is 0 Å². The molecule has 1 aromatic heterocycles. The van der Waals surface area contributed by atoms with E-state index in [0.29, 0.717) is 10.6 Å². The number of aryl methyl sites for hydroxylation is 2. The minimum absolute atomic E-state index is 0.00343. The number of allylic oxidation sites excluding steroid dienone is 1. The van der Waals surface area contributed by atoms with Gasteiger partial charge in [-0.05, 0) is 37.6 Å². The Morgan fingerprint density at radius 3 is 2.56 bits per heavy atom. The van der Waals surface area contributed by atoms with Crippen LogP contribution in [-0.4, -0.2) is 10.5 Å². The van der Waals surface area contributed by atoms with E-state index in [-0.39, 0.29) is 5.91 Å². The lowest BCUT2D eigenvalue weighted by Crippen LogP contribution is -2.10. The second-order valence-electron chi connectivity index (χ2n) is 4.53. The average molecular weight is 258 g/mol. The van der Waals surface area contributed by atoms with Crippen molar-refractivity contribution in [2.45, 2.75) is 13.8 Å². The number of carbonyl (C=O) groups is 1. The molecule has 2 heterocycles. The van der Waals surface area contributed by atoms with Gasteiger partial charge in [0.05, 0.1) is 11.3 Å². The molecule has 2 aromatic rings. The van der Waals surface area contributed by atoms with Gasteiger partial charge in [0.25, 0.3) is 5.91 Å². The molecule has 1 aliphatic heterocycles. The molecule has 0 aliphatic carbocycles. The number of benzene rings is 1. The van der Waals surface area contributed by atoms with E-state index in [1.54, 1.807) is 10.6 Å². The number of halogens is 1. The summed E-state index contributed by atoms with van der Waals surface area (Å²) in [6, 6.07) is 9.46. The normalized spacial score (nSPS) is 13.7. The summed E-state index contributed by atoms with van der Waals surface area (Å²) >= 11 is 6.16. The topological polar surface area (TPSA) is 22.0 Å². The predicted octanol–water partition coefficient (Wildman–Crippen LogP) is 3.95. The second kappa shape index (κ2) is 3.85. The number of fused-ring (bicyclic) bond motifs is 1. The van der Waals surface area contributed by atoms with Crippen molar-refractivity contribution in [3.8, 4) is 0 Å². The Hall–Kier alpha value is -1.80. The molecule has 0 saturated heterocycles. The fourth-order valence-corrected chi connectivity index (χ4v) is 2.70. The molecule has 0 spiro atoms. The van der Waals surface area contributed by atoms with Crippen LogP contribution in [0.4, 0.5) is 0 Å². The first-order chi connectivity index (χ1) is 8.59. The number of hydrogen-bond donors (Lipinski definition) is 0. The standard InChI is InChI=1S/C15H12ClNO/c1-9-7-10(2)17-14(9)8-12(15(17)18)11-5-3-4-6-13(11)16/h3-8H,1-2H3. The average Bonchev–Trinajstić information content (AvgIpc) is 2.80. The van der Waals surface area contributed by atoms with Gasteiger partial charge in [-0.1, -0.05) is 29.8 Å². The smallest absolute Gasteiger partial charge is 0.263 e. The SMILES string of the molecule is Cc1cc(C)n2c1C=C(c1ccccc1Cl)C2=O. The van der Waals surface area contributed by atoms with E-state index in [0.717, 1.165) is 22.5 Å². The van der Waals surface area contributed by atoms with Crippen LogP contribution in [0.25, 0.3) is 11.6 Å². The molecule has 0 radical (unpaired) electrons. The molecule has 0 amide bonds. The van der Waals surface area contributed by atoms with E-state index in [9.17, 15) is 4.79 Å². The summed E-state index contributed by atoms with van der Waals surface area (Å²) in [6.07, 6.45) is 1.92. The number of rotatable bonds is 1. The molecule has 3 heteroatoms. The van der Waals surface area contributed by atoms with Crippen LogP contribution < -0.4 is 0 Å². The number of carbonyl (C=O) groups excluding carboxylic acids is 1.